The van der Waals surface area contributed by atoms with Gasteiger partial charge in [0.1, 0.15) is 24.0 Å². The summed E-state index contributed by atoms with van der Waals surface area (Å²) in [5, 5.41) is 48.5. The van der Waals surface area contributed by atoms with E-state index in [4.69, 9.17) is 20.3 Å². The van der Waals surface area contributed by atoms with Gasteiger partial charge in [-0.15, -0.1) is 11.8 Å². The zero-order valence-electron chi connectivity index (χ0n) is 17.0. The lowest BCUT2D eigenvalue weighted by Crippen LogP contribution is -2.64. The van der Waals surface area contributed by atoms with Gasteiger partial charge in [-0.2, -0.15) is 0 Å². The quantitative estimate of drug-likeness (QED) is 0.0886. The Morgan fingerprint density at radius 2 is 2.00 bits per heavy atom. The van der Waals surface area contributed by atoms with Gasteiger partial charge in [0.2, 0.25) is 5.91 Å². The smallest absolute Gasteiger partial charge is 0.353 e. The predicted molar refractivity (Wildman–Crippen MR) is 108 cm³/mol. The number of nitrogens with two attached hydrogens (primary N) is 1. The molecule has 3 aliphatic rings. The lowest BCUT2D eigenvalue weighted by Gasteiger charge is -2.47. The van der Waals surface area contributed by atoms with Gasteiger partial charge in [-0.25, -0.2) is 9.59 Å². The number of hydrogen-bond donors (Lipinski definition) is 6. The molecule has 0 radical (unpaired) electrons. The van der Waals surface area contributed by atoms with E-state index in [0.29, 0.717) is 17.2 Å². The number of aliphatic imine (C=N–C) groups is 1. The second-order valence-electron chi connectivity index (χ2n) is 7.56. The topological polar surface area (TPSA) is 212 Å². The molecule has 2 saturated heterocycles. The van der Waals surface area contributed by atoms with Crippen molar-refractivity contribution in [2.45, 2.75) is 56.2 Å². The molecule has 14 heteroatoms. The van der Waals surface area contributed by atoms with E-state index in [1.165, 1.54) is 23.6 Å². The number of fused-ring (bicyclic) bond motifs is 1. The van der Waals surface area contributed by atoms with Gasteiger partial charge in [-0.1, -0.05) is 0 Å². The van der Waals surface area contributed by atoms with Crippen molar-refractivity contribution >= 4 is 35.9 Å². The molecule has 3 heterocycles. The van der Waals surface area contributed by atoms with Gasteiger partial charge >= 0.3 is 11.9 Å². The Labute approximate surface area is 186 Å². The first-order valence-corrected chi connectivity index (χ1v) is 10.8. The summed E-state index contributed by atoms with van der Waals surface area (Å²) in [5.74, 6) is -3.57. The number of β-lactam (4-membered cyclic amide) rings is 1. The maximum Gasteiger partial charge on any atom is 0.353 e. The fourth-order valence-corrected chi connectivity index (χ4v) is 5.16. The number of aliphatic hydroxyl groups excluding tert-OH is 3. The molecule has 13 nitrogen and oxygen atoms in total. The normalized spacial score (nSPS) is 35.7. The largest absolute Gasteiger partial charge is 0.479 e. The van der Waals surface area contributed by atoms with Gasteiger partial charge in [0.15, 0.2) is 12.4 Å². The number of aliphatic hydroxyl groups is 3. The monoisotopic (exact) mass is 475 g/mol. The molecule has 2 fully saturated rings. The highest BCUT2D eigenvalue weighted by molar-refractivity contribution is 8.03. The second kappa shape index (κ2) is 9.72. The first kappa shape index (κ1) is 24.4. The maximum atomic E-state index is 12.7. The third kappa shape index (κ3) is 4.33. The van der Waals surface area contributed by atoms with Crippen LogP contribution < -0.4 is 5.73 Å². The fraction of sp³-hybridized carbons (Fsp3) is 0.667. The third-order valence-corrected chi connectivity index (χ3v) is 6.74. The maximum absolute atomic E-state index is 12.7. The molecule has 5 unspecified atom stereocenters. The molecular weight excluding hydrogens is 450 g/mol. The SMILES string of the molecule is C[C@@H](OC1OC(C(=O)O)C(O)C(O)C1O)[C@H]1C(=O)N2C(C(=O)O)=C(SCCN=CN)C[C@H]12. The fourth-order valence-electron chi connectivity index (χ4n) is 4.10. The Bertz CT molecular complexity index is 836. The van der Waals surface area contributed by atoms with Crippen molar-refractivity contribution in [3.8, 4) is 0 Å². The van der Waals surface area contributed by atoms with E-state index in [2.05, 4.69) is 4.99 Å². The Balaban J connectivity index is 1.68. The predicted octanol–water partition coefficient (Wildman–Crippen LogP) is -2.47. The van der Waals surface area contributed by atoms with Crippen LogP contribution in [-0.4, -0.2) is 110 Å². The second-order valence-corrected chi connectivity index (χ2v) is 8.75. The van der Waals surface area contributed by atoms with E-state index in [-0.39, 0.29) is 12.1 Å². The molecule has 0 spiro atoms. The van der Waals surface area contributed by atoms with Crippen LogP contribution in [0.25, 0.3) is 0 Å². The van der Waals surface area contributed by atoms with Crippen LogP contribution in [0, 0.1) is 5.92 Å². The molecule has 7 N–H and O–H groups in total. The van der Waals surface area contributed by atoms with Crippen molar-refractivity contribution in [3.05, 3.63) is 10.6 Å². The minimum Gasteiger partial charge on any atom is -0.479 e. The Morgan fingerprint density at radius 1 is 1.31 bits per heavy atom. The summed E-state index contributed by atoms with van der Waals surface area (Å²) in [6, 6.07) is -0.490. The van der Waals surface area contributed by atoms with E-state index in [9.17, 15) is 34.8 Å². The molecule has 178 valence electrons. The highest BCUT2D eigenvalue weighted by atomic mass is 32.2. The number of carbonyl (C=O) groups is 3. The molecule has 0 aromatic heterocycles. The van der Waals surface area contributed by atoms with Crippen molar-refractivity contribution in [2.24, 2.45) is 16.6 Å². The highest BCUT2D eigenvalue weighted by Gasteiger charge is 2.58. The van der Waals surface area contributed by atoms with E-state index < -0.39 is 66.6 Å². The lowest BCUT2D eigenvalue weighted by atomic mass is 9.83. The number of rotatable bonds is 9. The zero-order valence-corrected chi connectivity index (χ0v) is 17.8. The number of aliphatic carboxylic acids is 2. The summed E-state index contributed by atoms with van der Waals surface area (Å²) in [4.78, 5) is 41.3. The van der Waals surface area contributed by atoms with Crippen LogP contribution in [-0.2, 0) is 23.9 Å². The standard InChI is InChI=1S/C18H25N3O10S/c1-6(30-18-13(24)11(22)12(23)14(31-18)17(28)29)9-7-4-8(32-3-2-20-5-19)10(16(26)27)21(7)15(9)25/h5-7,9,11-14,18,22-24H,2-4H2,1H3,(H2,19,20)(H,26,27)(H,28,29)/t6-,7-,9-,11?,12?,13?,14?,18?/m1/s1. The average Bonchev–Trinajstić information content (AvgIpc) is 3.06. The summed E-state index contributed by atoms with van der Waals surface area (Å²) in [6.45, 7) is 1.89. The number of hydrogen-bond acceptors (Lipinski definition) is 10. The Hall–Kier alpha value is -2.23. The van der Waals surface area contributed by atoms with Crippen LogP contribution in [0.4, 0.5) is 0 Å². The van der Waals surface area contributed by atoms with Gasteiger partial charge in [0, 0.05) is 17.1 Å². The number of amides is 1. The van der Waals surface area contributed by atoms with E-state index in [0.717, 1.165) is 6.34 Å². The minimum absolute atomic E-state index is 0.0939. The molecule has 3 rings (SSSR count). The zero-order chi connectivity index (χ0) is 23.7. The van der Waals surface area contributed by atoms with Crippen LogP contribution in [0.1, 0.15) is 13.3 Å². The van der Waals surface area contributed by atoms with Gasteiger partial charge in [-0.3, -0.25) is 9.79 Å². The average molecular weight is 475 g/mol. The summed E-state index contributed by atoms with van der Waals surface area (Å²) in [7, 11) is 0. The third-order valence-electron chi connectivity index (χ3n) is 5.64. The molecule has 8 atom stereocenters. The van der Waals surface area contributed by atoms with Crippen molar-refractivity contribution in [1.29, 1.82) is 0 Å². The van der Waals surface area contributed by atoms with Crippen molar-refractivity contribution < 1.29 is 49.4 Å². The molecule has 0 aromatic carbocycles. The van der Waals surface area contributed by atoms with Crippen LogP contribution in [0.5, 0.6) is 0 Å². The number of carbonyl (C=O) groups excluding carboxylic acids is 1. The van der Waals surface area contributed by atoms with Gasteiger partial charge in [0.25, 0.3) is 0 Å². The minimum atomic E-state index is -1.86. The van der Waals surface area contributed by atoms with Gasteiger partial charge in [0.05, 0.1) is 30.9 Å². The molecule has 0 bridgehead atoms. The molecule has 1 amide bonds. The van der Waals surface area contributed by atoms with Crippen molar-refractivity contribution in [2.75, 3.05) is 12.3 Å². The van der Waals surface area contributed by atoms with Crippen molar-refractivity contribution in [3.63, 3.8) is 0 Å². The molecule has 0 aromatic rings. The molecule has 0 aliphatic carbocycles. The van der Waals surface area contributed by atoms with Crippen LogP contribution in [0.2, 0.25) is 0 Å². The molecule has 32 heavy (non-hydrogen) atoms. The number of carboxylic acid groups (broad SMARTS) is 2. The van der Waals surface area contributed by atoms with Gasteiger partial charge in [-0.05, 0) is 6.92 Å². The number of ether oxygens (including phenoxy) is 2. The summed E-state index contributed by atoms with van der Waals surface area (Å²) in [6.07, 6.45) is -8.34. The van der Waals surface area contributed by atoms with Crippen LogP contribution in [0.3, 0.4) is 0 Å². The lowest BCUT2D eigenvalue weighted by molar-refractivity contribution is -0.308. The number of nitrogens with zero attached hydrogens (tertiary/aromatic N) is 2. The Morgan fingerprint density at radius 3 is 2.59 bits per heavy atom. The van der Waals surface area contributed by atoms with Crippen LogP contribution >= 0.6 is 11.8 Å². The first-order valence-electron chi connectivity index (χ1n) is 9.80. The summed E-state index contributed by atoms with van der Waals surface area (Å²) >= 11 is 1.27. The molecule has 3 aliphatic heterocycles. The number of thioether (sulfide) groups is 1. The molecular formula is C18H25N3O10S. The van der Waals surface area contributed by atoms with Crippen molar-refractivity contribution in [1.82, 2.24) is 4.90 Å². The van der Waals surface area contributed by atoms with E-state index in [1.54, 1.807) is 0 Å². The highest BCUT2D eigenvalue weighted by Crippen LogP contribution is 2.47. The van der Waals surface area contributed by atoms with E-state index >= 15 is 0 Å². The summed E-state index contributed by atoms with van der Waals surface area (Å²) < 4.78 is 10.7. The van der Waals surface area contributed by atoms with Crippen LogP contribution in [0.15, 0.2) is 15.6 Å². The van der Waals surface area contributed by atoms with Gasteiger partial charge < -0.3 is 45.6 Å². The first-order chi connectivity index (χ1) is 15.1. The van der Waals surface area contributed by atoms with E-state index in [1.807, 2.05) is 0 Å². The number of carboxylic acids is 2. The Kier molecular flexibility index (Phi) is 7.42. The molecule has 0 saturated carbocycles. The summed E-state index contributed by atoms with van der Waals surface area (Å²) in [5.41, 5.74) is 5.09.